The van der Waals surface area contributed by atoms with Gasteiger partial charge in [-0.05, 0) is 49.1 Å². The van der Waals surface area contributed by atoms with Crippen molar-refractivity contribution in [3.05, 3.63) is 35.1 Å². The van der Waals surface area contributed by atoms with Crippen molar-refractivity contribution in [2.75, 3.05) is 0 Å². The summed E-state index contributed by atoms with van der Waals surface area (Å²) in [6.45, 7) is 0. The Morgan fingerprint density at radius 3 is 2.06 bits per heavy atom. The van der Waals surface area contributed by atoms with Crippen molar-refractivity contribution in [2.45, 2.75) is 37.6 Å². The summed E-state index contributed by atoms with van der Waals surface area (Å²) in [6, 6.07) is 1.59. The van der Waals surface area contributed by atoms with Gasteiger partial charge in [0.05, 0.1) is 0 Å². The highest BCUT2D eigenvalue weighted by molar-refractivity contribution is 5.28. The first kappa shape index (κ1) is 11.1. The first-order valence-corrected chi connectivity index (χ1v) is 5.88. The van der Waals surface area contributed by atoms with E-state index in [0.717, 1.165) is 31.7 Å². The van der Waals surface area contributed by atoms with E-state index in [4.69, 9.17) is 5.73 Å². The molecule has 0 radical (unpaired) electrons. The maximum absolute atomic E-state index is 13.5. The number of hydrogen-bond acceptors (Lipinski definition) is 1. The number of rotatable bonds is 3. The van der Waals surface area contributed by atoms with Crippen molar-refractivity contribution in [2.24, 2.45) is 11.1 Å². The molecule has 2 aliphatic rings. The third-order valence-electron chi connectivity index (χ3n) is 4.32. The van der Waals surface area contributed by atoms with E-state index in [1.54, 1.807) is 0 Å². The second-order valence-electron chi connectivity index (χ2n) is 5.47. The Morgan fingerprint density at radius 2 is 1.53 bits per heavy atom. The van der Waals surface area contributed by atoms with Gasteiger partial charge in [0.2, 0.25) is 0 Å². The van der Waals surface area contributed by atoms with Gasteiger partial charge >= 0.3 is 0 Å². The van der Waals surface area contributed by atoms with Crippen LogP contribution < -0.4 is 5.73 Å². The zero-order valence-electron chi connectivity index (χ0n) is 9.40. The quantitative estimate of drug-likeness (QED) is 0.809. The number of halogens is 3. The SMILES string of the molecule is NC1(C2(Cc3cc(F)c(F)cc3F)CC2)CC1. The molecule has 0 spiro atoms. The van der Waals surface area contributed by atoms with Crippen LogP contribution in [-0.4, -0.2) is 5.54 Å². The van der Waals surface area contributed by atoms with Gasteiger partial charge in [0.15, 0.2) is 11.6 Å². The zero-order chi connectivity index (χ0) is 12.3. The van der Waals surface area contributed by atoms with Crippen LogP contribution in [0.25, 0.3) is 0 Å². The highest BCUT2D eigenvalue weighted by atomic mass is 19.2. The van der Waals surface area contributed by atoms with Crippen LogP contribution in [0.15, 0.2) is 12.1 Å². The molecule has 0 heterocycles. The lowest BCUT2D eigenvalue weighted by molar-refractivity contribution is 0.368. The first-order chi connectivity index (χ1) is 7.96. The van der Waals surface area contributed by atoms with Crippen LogP contribution in [0.4, 0.5) is 13.2 Å². The number of benzene rings is 1. The van der Waals surface area contributed by atoms with Gasteiger partial charge in [0.1, 0.15) is 5.82 Å². The van der Waals surface area contributed by atoms with E-state index < -0.39 is 17.5 Å². The standard InChI is InChI=1S/C13H14F3N/c14-9-6-11(16)10(15)5-8(9)7-12(1-2-12)13(17)3-4-13/h5-6H,1-4,7,17H2. The fourth-order valence-electron chi connectivity index (χ4n) is 2.73. The molecule has 1 aromatic rings. The maximum Gasteiger partial charge on any atom is 0.161 e. The third-order valence-corrected chi connectivity index (χ3v) is 4.32. The Kier molecular flexibility index (Phi) is 2.12. The molecule has 1 aromatic carbocycles. The summed E-state index contributed by atoms with van der Waals surface area (Å²) in [7, 11) is 0. The molecule has 0 saturated heterocycles. The second kappa shape index (κ2) is 3.25. The molecular formula is C13H14F3N. The summed E-state index contributed by atoms with van der Waals surface area (Å²) < 4.78 is 39.5. The van der Waals surface area contributed by atoms with Crippen molar-refractivity contribution in [1.29, 1.82) is 0 Å². The van der Waals surface area contributed by atoms with E-state index in [0.29, 0.717) is 12.5 Å². The van der Waals surface area contributed by atoms with E-state index in [1.165, 1.54) is 0 Å². The fraction of sp³-hybridized carbons (Fsp3) is 0.538. The van der Waals surface area contributed by atoms with Crippen LogP contribution in [0.2, 0.25) is 0 Å². The summed E-state index contributed by atoms with van der Waals surface area (Å²) in [5, 5.41) is 0. The summed E-state index contributed by atoms with van der Waals surface area (Å²) in [6.07, 6.45) is 4.26. The molecule has 17 heavy (non-hydrogen) atoms. The topological polar surface area (TPSA) is 26.0 Å². The highest BCUT2D eigenvalue weighted by Gasteiger charge is 2.62. The average molecular weight is 241 g/mol. The van der Waals surface area contributed by atoms with Crippen LogP contribution in [0, 0.1) is 22.9 Å². The summed E-state index contributed by atoms with van der Waals surface area (Å²) >= 11 is 0. The largest absolute Gasteiger partial charge is 0.325 e. The van der Waals surface area contributed by atoms with E-state index in [1.807, 2.05) is 0 Å². The van der Waals surface area contributed by atoms with E-state index >= 15 is 0 Å². The number of hydrogen-bond donors (Lipinski definition) is 1. The molecule has 4 heteroatoms. The minimum Gasteiger partial charge on any atom is -0.325 e. The van der Waals surface area contributed by atoms with Crippen molar-refractivity contribution in [1.82, 2.24) is 0 Å². The van der Waals surface area contributed by atoms with Crippen LogP contribution in [0.1, 0.15) is 31.2 Å². The smallest absolute Gasteiger partial charge is 0.161 e. The van der Waals surface area contributed by atoms with Gasteiger partial charge < -0.3 is 5.73 Å². The molecule has 0 unspecified atom stereocenters. The molecule has 92 valence electrons. The monoisotopic (exact) mass is 241 g/mol. The molecule has 0 atom stereocenters. The van der Waals surface area contributed by atoms with Crippen LogP contribution in [-0.2, 0) is 6.42 Å². The first-order valence-electron chi connectivity index (χ1n) is 5.88. The lowest BCUT2D eigenvalue weighted by atomic mass is 9.87. The van der Waals surface area contributed by atoms with Gasteiger partial charge in [-0.2, -0.15) is 0 Å². The second-order valence-corrected chi connectivity index (χ2v) is 5.47. The lowest BCUT2D eigenvalue weighted by Gasteiger charge is -2.23. The third kappa shape index (κ3) is 1.66. The summed E-state index contributed by atoms with van der Waals surface area (Å²) in [4.78, 5) is 0. The Bertz CT molecular complexity index is 476. The molecule has 2 fully saturated rings. The minimum absolute atomic E-state index is 0.0713. The highest BCUT2D eigenvalue weighted by Crippen LogP contribution is 2.64. The Balaban J connectivity index is 1.89. The van der Waals surface area contributed by atoms with Gasteiger partial charge in [0.25, 0.3) is 0 Å². The molecule has 0 aromatic heterocycles. The predicted octanol–water partition coefficient (Wildman–Crippen LogP) is 2.92. The van der Waals surface area contributed by atoms with Crippen LogP contribution >= 0.6 is 0 Å². The molecule has 1 nitrogen and oxygen atoms in total. The van der Waals surface area contributed by atoms with Crippen LogP contribution in [0.5, 0.6) is 0 Å². The predicted molar refractivity (Wildman–Crippen MR) is 57.8 cm³/mol. The van der Waals surface area contributed by atoms with E-state index in [9.17, 15) is 13.2 Å². The Labute approximate surface area is 97.8 Å². The summed E-state index contributed by atoms with van der Waals surface area (Å²) in [5.41, 5.74) is 6.15. The minimum atomic E-state index is -1.13. The van der Waals surface area contributed by atoms with Crippen molar-refractivity contribution < 1.29 is 13.2 Å². The molecule has 0 aliphatic heterocycles. The summed E-state index contributed by atoms with van der Waals surface area (Å²) in [5.74, 6) is -2.79. The van der Waals surface area contributed by atoms with Crippen molar-refractivity contribution in [3.8, 4) is 0 Å². The lowest BCUT2D eigenvalue weighted by Crippen LogP contribution is -2.35. The molecular weight excluding hydrogens is 227 g/mol. The van der Waals surface area contributed by atoms with E-state index in [-0.39, 0.29) is 16.5 Å². The van der Waals surface area contributed by atoms with Gasteiger partial charge in [0, 0.05) is 11.6 Å². The van der Waals surface area contributed by atoms with Gasteiger partial charge in [-0.3, -0.25) is 0 Å². The molecule has 3 rings (SSSR count). The molecule has 2 saturated carbocycles. The Morgan fingerprint density at radius 1 is 0.941 bits per heavy atom. The molecule has 0 bridgehead atoms. The molecule has 0 amide bonds. The van der Waals surface area contributed by atoms with Gasteiger partial charge in [-0.25, -0.2) is 13.2 Å². The maximum atomic E-state index is 13.5. The Hall–Kier alpha value is -1.03. The molecule has 2 aliphatic carbocycles. The van der Waals surface area contributed by atoms with Crippen molar-refractivity contribution >= 4 is 0 Å². The van der Waals surface area contributed by atoms with Crippen LogP contribution in [0.3, 0.4) is 0 Å². The van der Waals surface area contributed by atoms with Crippen molar-refractivity contribution in [3.63, 3.8) is 0 Å². The van der Waals surface area contributed by atoms with E-state index in [2.05, 4.69) is 0 Å². The normalized spacial score (nSPS) is 23.5. The number of nitrogens with two attached hydrogens (primary N) is 1. The average Bonchev–Trinajstić information content (AvgIpc) is 3.13. The van der Waals surface area contributed by atoms with Gasteiger partial charge in [-0.1, -0.05) is 0 Å². The molecule has 2 N–H and O–H groups in total. The zero-order valence-corrected chi connectivity index (χ0v) is 9.40. The fourth-order valence-corrected chi connectivity index (χ4v) is 2.73. The van der Waals surface area contributed by atoms with Gasteiger partial charge in [-0.15, -0.1) is 0 Å².